The van der Waals surface area contributed by atoms with Crippen LogP contribution in [0.5, 0.6) is 11.5 Å². The molecule has 32 heavy (non-hydrogen) atoms. The van der Waals surface area contributed by atoms with Crippen LogP contribution in [0.15, 0.2) is 48.2 Å². The molecule has 0 spiro atoms. The maximum Gasteiger partial charge on any atom is 0.329 e. The zero-order valence-corrected chi connectivity index (χ0v) is 18.6. The van der Waals surface area contributed by atoms with E-state index in [9.17, 15) is 14.4 Å². The van der Waals surface area contributed by atoms with Gasteiger partial charge in [-0.25, -0.2) is 4.79 Å². The standard InChI is InChI=1S/C23H24ClN3O5/c1-3-10-27-22(29)18(26-23(27)30)12-15-11-17(24)21(19(13-15)31-4-2)32-14-20(28)25-16-8-6-5-7-9-16/h5-9,11-13H,3-4,10,14H2,1-2H3,(H,25,28)(H,26,30)/b18-12+. The van der Waals surface area contributed by atoms with E-state index in [0.29, 0.717) is 36.6 Å². The molecule has 9 heteroatoms. The van der Waals surface area contributed by atoms with E-state index in [1.807, 2.05) is 25.1 Å². The van der Waals surface area contributed by atoms with Crippen LogP contribution < -0.4 is 20.1 Å². The summed E-state index contributed by atoms with van der Waals surface area (Å²) in [6.07, 6.45) is 2.19. The van der Waals surface area contributed by atoms with Crippen LogP contribution in [-0.4, -0.2) is 42.5 Å². The minimum absolute atomic E-state index is 0.151. The molecule has 0 saturated carbocycles. The van der Waals surface area contributed by atoms with Crippen molar-refractivity contribution in [2.75, 3.05) is 25.1 Å². The van der Waals surface area contributed by atoms with Crippen LogP contribution in [0.25, 0.3) is 6.08 Å². The van der Waals surface area contributed by atoms with Crippen molar-refractivity contribution in [3.63, 3.8) is 0 Å². The molecule has 168 valence electrons. The van der Waals surface area contributed by atoms with Crippen molar-refractivity contribution in [2.24, 2.45) is 0 Å². The molecule has 2 aromatic rings. The lowest BCUT2D eigenvalue weighted by atomic mass is 10.1. The Kier molecular flexibility index (Phi) is 7.72. The Morgan fingerprint density at radius 2 is 1.91 bits per heavy atom. The molecular formula is C23H24ClN3O5. The number of hydrogen-bond donors (Lipinski definition) is 2. The first-order chi connectivity index (χ1) is 15.4. The van der Waals surface area contributed by atoms with Crippen molar-refractivity contribution in [1.29, 1.82) is 0 Å². The summed E-state index contributed by atoms with van der Waals surface area (Å²) < 4.78 is 11.3. The van der Waals surface area contributed by atoms with Crippen molar-refractivity contribution in [1.82, 2.24) is 10.2 Å². The van der Waals surface area contributed by atoms with Gasteiger partial charge in [0.2, 0.25) is 0 Å². The molecule has 8 nitrogen and oxygen atoms in total. The van der Waals surface area contributed by atoms with E-state index in [4.69, 9.17) is 21.1 Å². The highest BCUT2D eigenvalue weighted by atomic mass is 35.5. The van der Waals surface area contributed by atoms with Crippen LogP contribution in [0.3, 0.4) is 0 Å². The Balaban J connectivity index is 1.77. The van der Waals surface area contributed by atoms with Gasteiger partial charge in [-0.15, -0.1) is 0 Å². The molecule has 1 aliphatic rings. The largest absolute Gasteiger partial charge is 0.490 e. The maximum absolute atomic E-state index is 12.4. The number of ether oxygens (including phenoxy) is 2. The number of benzene rings is 2. The molecule has 3 rings (SSSR count). The van der Waals surface area contributed by atoms with Crippen LogP contribution in [0, 0.1) is 0 Å². The molecule has 1 saturated heterocycles. The normalized spacial score (nSPS) is 14.5. The quantitative estimate of drug-likeness (QED) is 0.437. The number of carbonyl (C=O) groups excluding carboxylic acids is 3. The third kappa shape index (κ3) is 5.59. The number of para-hydroxylation sites is 1. The van der Waals surface area contributed by atoms with Crippen molar-refractivity contribution < 1.29 is 23.9 Å². The Bertz CT molecular complexity index is 1040. The van der Waals surface area contributed by atoms with Gasteiger partial charge in [-0.05, 0) is 49.2 Å². The van der Waals surface area contributed by atoms with Gasteiger partial charge in [0.25, 0.3) is 11.8 Å². The first-order valence-corrected chi connectivity index (χ1v) is 10.6. The zero-order chi connectivity index (χ0) is 23.1. The predicted molar refractivity (Wildman–Crippen MR) is 122 cm³/mol. The van der Waals surface area contributed by atoms with E-state index in [-0.39, 0.29) is 29.0 Å². The minimum Gasteiger partial charge on any atom is -0.490 e. The summed E-state index contributed by atoms with van der Waals surface area (Å²) in [5, 5.41) is 5.50. The van der Waals surface area contributed by atoms with Crippen molar-refractivity contribution in [3.05, 3.63) is 58.7 Å². The lowest BCUT2D eigenvalue weighted by Crippen LogP contribution is -2.31. The lowest BCUT2D eigenvalue weighted by Gasteiger charge is -2.14. The number of hydrogen-bond acceptors (Lipinski definition) is 5. The second-order valence-corrected chi connectivity index (χ2v) is 7.32. The summed E-state index contributed by atoms with van der Waals surface area (Å²) in [4.78, 5) is 37.8. The molecule has 0 aliphatic carbocycles. The molecule has 0 aromatic heterocycles. The van der Waals surface area contributed by atoms with Gasteiger partial charge < -0.3 is 20.1 Å². The van der Waals surface area contributed by atoms with Gasteiger partial charge in [-0.1, -0.05) is 36.7 Å². The van der Waals surface area contributed by atoms with E-state index >= 15 is 0 Å². The highest BCUT2D eigenvalue weighted by molar-refractivity contribution is 6.32. The molecule has 0 unspecified atom stereocenters. The van der Waals surface area contributed by atoms with Crippen molar-refractivity contribution in [3.8, 4) is 11.5 Å². The Hall–Kier alpha value is -3.52. The fourth-order valence-corrected chi connectivity index (χ4v) is 3.37. The van der Waals surface area contributed by atoms with Crippen LogP contribution in [-0.2, 0) is 9.59 Å². The van der Waals surface area contributed by atoms with E-state index in [1.54, 1.807) is 31.2 Å². The number of imide groups is 1. The van der Waals surface area contributed by atoms with Gasteiger partial charge in [0.1, 0.15) is 5.70 Å². The Morgan fingerprint density at radius 1 is 1.16 bits per heavy atom. The summed E-state index contributed by atoms with van der Waals surface area (Å²) in [6, 6.07) is 11.8. The van der Waals surface area contributed by atoms with E-state index < -0.39 is 11.9 Å². The molecule has 1 heterocycles. The smallest absolute Gasteiger partial charge is 0.329 e. The number of rotatable bonds is 9. The van der Waals surface area contributed by atoms with Gasteiger partial charge in [0.15, 0.2) is 18.1 Å². The second kappa shape index (κ2) is 10.7. The SMILES string of the molecule is CCCN1C(=O)N/C(=C/c2cc(Cl)c(OCC(=O)Nc3ccccc3)c(OCC)c2)C1=O. The summed E-state index contributed by atoms with van der Waals surface area (Å²) in [5.41, 5.74) is 1.35. The van der Waals surface area contributed by atoms with Crippen LogP contribution in [0.2, 0.25) is 5.02 Å². The number of carbonyl (C=O) groups is 3. The molecule has 0 radical (unpaired) electrons. The number of nitrogens with one attached hydrogen (secondary N) is 2. The van der Waals surface area contributed by atoms with E-state index in [1.165, 1.54) is 6.08 Å². The van der Waals surface area contributed by atoms with Gasteiger partial charge in [-0.2, -0.15) is 0 Å². The first-order valence-electron chi connectivity index (χ1n) is 10.2. The van der Waals surface area contributed by atoms with Crippen molar-refractivity contribution >= 4 is 41.2 Å². The fourth-order valence-electron chi connectivity index (χ4n) is 3.10. The van der Waals surface area contributed by atoms with Gasteiger partial charge in [0, 0.05) is 12.2 Å². The van der Waals surface area contributed by atoms with Gasteiger partial charge >= 0.3 is 6.03 Å². The molecule has 2 aromatic carbocycles. The summed E-state index contributed by atoms with van der Waals surface area (Å²) in [6.45, 7) is 4.09. The third-order valence-electron chi connectivity index (χ3n) is 4.46. The summed E-state index contributed by atoms with van der Waals surface area (Å²) >= 11 is 6.39. The zero-order valence-electron chi connectivity index (χ0n) is 17.8. The van der Waals surface area contributed by atoms with E-state index in [2.05, 4.69) is 10.6 Å². The van der Waals surface area contributed by atoms with E-state index in [0.717, 1.165) is 4.90 Å². The molecule has 1 aliphatic heterocycles. The number of urea groups is 1. The number of anilines is 1. The first kappa shape index (κ1) is 23.1. The number of halogens is 1. The predicted octanol–water partition coefficient (Wildman–Crippen LogP) is 4.06. The van der Waals surface area contributed by atoms with Crippen LogP contribution in [0.1, 0.15) is 25.8 Å². The number of amides is 4. The fraction of sp³-hybridized carbons (Fsp3) is 0.261. The monoisotopic (exact) mass is 457 g/mol. The maximum atomic E-state index is 12.4. The van der Waals surface area contributed by atoms with Crippen molar-refractivity contribution in [2.45, 2.75) is 20.3 Å². The van der Waals surface area contributed by atoms with Crippen LogP contribution >= 0.6 is 11.6 Å². The lowest BCUT2D eigenvalue weighted by molar-refractivity contribution is -0.123. The highest BCUT2D eigenvalue weighted by Crippen LogP contribution is 2.37. The average Bonchev–Trinajstić information content (AvgIpc) is 3.02. The van der Waals surface area contributed by atoms with Gasteiger partial charge in [0.05, 0.1) is 11.6 Å². The molecule has 1 fully saturated rings. The Morgan fingerprint density at radius 3 is 2.59 bits per heavy atom. The Labute approximate surface area is 191 Å². The topological polar surface area (TPSA) is 97.0 Å². The summed E-state index contributed by atoms with van der Waals surface area (Å²) in [7, 11) is 0. The molecule has 0 bridgehead atoms. The molecular weight excluding hydrogens is 434 g/mol. The molecule has 4 amide bonds. The molecule has 0 atom stereocenters. The van der Waals surface area contributed by atoms with Gasteiger partial charge in [-0.3, -0.25) is 14.5 Å². The average molecular weight is 458 g/mol. The van der Waals surface area contributed by atoms with Crippen LogP contribution in [0.4, 0.5) is 10.5 Å². The minimum atomic E-state index is -0.455. The summed E-state index contributed by atoms with van der Waals surface area (Å²) in [5.74, 6) is -0.213. The third-order valence-corrected chi connectivity index (χ3v) is 4.74. The number of nitrogens with zero attached hydrogens (tertiary/aromatic N) is 1. The second-order valence-electron chi connectivity index (χ2n) is 6.91. The molecule has 2 N–H and O–H groups in total. The highest BCUT2D eigenvalue weighted by Gasteiger charge is 2.32.